The molecule has 0 radical (unpaired) electrons. The fourth-order valence-electron chi connectivity index (χ4n) is 7.95. The zero-order chi connectivity index (χ0) is 33.5. The van der Waals surface area contributed by atoms with Crippen LogP contribution in [0.25, 0.3) is 97.9 Å². The highest BCUT2D eigenvalue weighted by Crippen LogP contribution is 2.43. The van der Waals surface area contributed by atoms with Gasteiger partial charge >= 0.3 is 0 Å². The van der Waals surface area contributed by atoms with Crippen molar-refractivity contribution >= 4 is 75.3 Å². The monoisotopic (exact) mass is 668 g/mol. The first-order valence-corrected chi connectivity index (χ1v) is 18.0. The minimum Gasteiger partial charge on any atom is -0.309 e. The Morgan fingerprint density at radius 2 is 0.961 bits per heavy atom. The summed E-state index contributed by atoms with van der Waals surface area (Å²) in [5.41, 5.74) is 11.0. The molecule has 4 heterocycles. The van der Waals surface area contributed by atoms with Crippen LogP contribution in [-0.4, -0.2) is 19.1 Å². The van der Waals surface area contributed by atoms with Crippen molar-refractivity contribution < 1.29 is 0 Å². The van der Waals surface area contributed by atoms with E-state index < -0.39 is 0 Å². The van der Waals surface area contributed by atoms with Crippen LogP contribution in [0.2, 0.25) is 0 Å². The maximum absolute atomic E-state index is 5.28. The first-order chi connectivity index (χ1) is 25.3. The van der Waals surface area contributed by atoms with Crippen molar-refractivity contribution in [2.24, 2.45) is 0 Å². The van der Waals surface area contributed by atoms with Crippen LogP contribution in [0.1, 0.15) is 0 Å². The molecule has 4 nitrogen and oxygen atoms in total. The quantitative estimate of drug-likeness (QED) is 0.187. The number of benzene rings is 7. The third kappa shape index (κ3) is 4.19. The fourth-order valence-corrected chi connectivity index (χ4v) is 9.10. The van der Waals surface area contributed by atoms with Crippen molar-refractivity contribution in [1.29, 1.82) is 0 Å². The molecule has 4 aromatic heterocycles. The summed E-state index contributed by atoms with van der Waals surface area (Å²) in [6, 6.07) is 60.5. The van der Waals surface area contributed by atoms with Gasteiger partial charge in [0.2, 0.25) is 0 Å². The Kier molecular flexibility index (Phi) is 6.09. The Labute approximate surface area is 297 Å². The van der Waals surface area contributed by atoms with E-state index in [0.717, 1.165) is 49.6 Å². The number of fused-ring (bicyclic) bond motifs is 10. The van der Waals surface area contributed by atoms with Crippen LogP contribution in [0.5, 0.6) is 0 Å². The van der Waals surface area contributed by atoms with Gasteiger partial charge in [-0.2, -0.15) is 0 Å². The molecule has 0 amide bonds. The summed E-state index contributed by atoms with van der Waals surface area (Å²) in [6.45, 7) is 0. The Morgan fingerprint density at radius 3 is 1.67 bits per heavy atom. The van der Waals surface area contributed by atoms with Crippen molar-refractivity contribution in [2.45, 2.75) is 0 Å². The van der Waals surface area contributed by atoms with Crippen LogP contribution < -0.4 is 0 Å². The summed E-state index contributed by atoms with van der Waals surface area (Å²) in [4.78, 5) is 10.5. The van der Waals surface area contributed by atoms with E-state index in [2.05, 4.69) is 179 Å². The van der Waals surface area contributed by atoms with Crippen LogP contribution in [-0.2, 0) is 0 Å². The Bertz CT molecular complexity index is 3130. The van der Waals surface area contributed by atoms with Crippen LogP contribution in [0, 0.1) is 0 Å². The van der Waals surface area contributed by atoms with Crippen molar-refractivity contribution in [3.05, 3.63) is 170 Å². The second-order valence-corrected chi connectivity index (χ2v) is 14.0. The van der Waals surface area contributed by atoms with Crippen molar-refractivity contribution in [1.82, 2.24) is 19.1 Å². The molecule has 5 heteroatoms. The predicted octanol–water partition coefficient (Wildman–Crippen LogP) is 12.4. The van der Waals surface area contributed by atoms with Crippen LogP contribution in [0.4, 0.5) is 0 Å². The van der Waals surface area contributed by atoms with Gasteiger partial charge in [-0.25, -0.2) is 9.97 Å². The molecule has 0 spiro atoms. The third-order valence-electron chi connectivity index (χ3n) is 10.1. The van der Waals surface area contributed by atoms with E-state index >= 15 is 0 Å². The molecule has 0 aliphatic heterocycles. The van der Waals surface area contributed by atoms with Gasteiger partial charge < -0.3 is 9.13 Å². The maximum atomic E-state index is 5.28. The number of thiophene rings is 1. The van der Waals surface area contributed by atoms with E-state index in [1.54, 1.807) is 11.3 Å². The molecular formula is C46H28N4S. The Hall–Kier alpha value is -6.56. The van der Waals surface area contributed by atoms with Crippen molar-refractivity contribution in [3.8, 4) is 34.0 Å². The minimum atomic E-state index is 0.723. The molecule has 11 rings (SSSR count). The molecule has 0 bridgehead atoms. The molecule has 0 fully saturated rings. The lowest BCUT2D eigenvalue weighted by Gasteiger charge is -2.11. The van der Waals surface area contributed by atoms with E-state index in [0.29, 0.717) is 0 Å². The molecular weight excluding hydrogens is 641 g/mol. The molecule has 7 aromatic carbocycles. The van der Waals surface area contributed by atoms with Gasteiger partial charge in [-0.15, -0.1) is 11.3 Å². The maximum Gasteiger partial charge on any atom is 0.160 e. The zero-order valence-electron chi connectivity index (χ0n) is 27.4. The average molecular weight is 669 g/mol. The molecule has 0 aliphatic rings. The normalized spacial score (nSPS) is 11.9. The fraction of sp³-hybridized carbons (Fsp3) is 0. The van der Waals surface area contributed by atoms with Gasteiger partial charge in [0, 0.05) is 54.1 Å². The Morgan fingerprint density at radius 1 is 0.412 bits per heavy atom. The highest BCUT2D eigenvalue weighted by molar-refractivity contribution is 7.26. The van der Waals surface area contributed by atoms with E-state index in [1.807, 2.05) is 0 Å². The topological polar surface area (TPSA) is 35.6 Å². The van der Waals surface area contributed by atoms with Crippen LogP contribution in [0.3, 0.4) is 0 Å². The van der Waals surface area contributed by atoms with Gasteiger partial charge in [0.25, 0.3) is 0 Å². The lowest BCUT2D eigenvalue weighted by atomic mass is 10.1. The molecule has 51 heavy (non-hydrogen) atoms. The van der Waals surface area contributed by atoms with Gasteiger partial charge in [-0.05, 0) is 54.6 Å². The number of para-hydroxylation sites is 3. The van der Waals surface area contributed by atoms with Crippen molar-refractivity contribution in [2.75, 3.05) is 0 Å². The highest BCUT2D eigenvalue weighted by atomic mass is 32.1. The summed E-state index contributed by atoms with van der Waals surface area (Å²) in [7, 11) is 0. The second kappa shape index (κ2) is 11.0. The predicted molar refractivity (Wildman–Crippen MR) is 214 cm³/mol. The molecule has 0 aliphatic carbocycles. The molecule has 0 saturated heterocycles. The molecule has 238 valence electrons. The second-order valence-electron chi connectivity index (χ2n) is 13.0. The summed E-state index contributed by atoms with van der Waals surface area (Å²) in [6.07, 6.45) is 0. The lowest BCUT2D eigenvalue weighted by Crippen LogP contribution is -1.97. The van der Waals surface area contributed by atoms with Gasteiger partial charge in [0.15, 0.2) is 5.82 Å². The summed E-state index contributed by atoms with van der Waals surface area (Å²) in [5, 5.41) is 6.16. The number of hydrogen-bond donors (Lipinski definition) is 0. The van der Waals surface area contributed by atoms with Gasteiger partial charge in [0.05, 0.1) is 38.0 Å². The summed E-state index contributed by atoms with van der Waals surface area (Å²) in [5.74, 6) is 0.723. The van der Waals surface area contributed by atoms with Gasteiger partial charge in [0.1, 0.15) is 0 Å². The number of rotatable bonds is 4. The largest absolute Gasteiger partial charge is 0.309 e. The number of aromatic nitrogens is 4. The summed E-state index contributed by atoms with van der Waals surface area (Å²) < 4.78 is 7.13. The lowest BCUT2D eigenvalue weighted by molar-refractivity contribution is 1.17. The van der Waals surface area contributed by atoms with Crippen molar-refractivity contribution in [3.63, 3.8) is 0 Å². The van der Waals surface area contributed by atoms with E-state index in [1.165, 1.54) is 48.3 Å². The molecule has 0 saturated carbocycles. The van der Waals surface area contributed by atoms with E-state index in [-0.39, 0.29) is 0 Å². The first-order valence-electron chi connectivity index (χ1n) is 17.2. The van der Waals surface area contributed by atoms with Crippen LogP contribution in [0.15, 0.2) is 170 Å². The zero-order valence-corrected chi connectivity index (χ0v) is 28.2. The number of nitrogens with zero attached hydrogens (tertiary/aromatic N) is 4. The first kappa shape index (κ1) is 28.3. The standard InChI is InChI=1S/C46H28N4S/c1-3-14-29(15-4-1)43-45-44(35-22-9-12-25-40(35)51-45)48-46(47-43)30-16-13-19-32(28-30)50-37-24-11-8-21-34(37)42-39(50)27-26-38-41(42)33-20-7-10-23-36(33)49(38)31-17-5-2-6-18-31/h1-28H. The minimum absolute atomic E-state index is 0.723. The summed E-state index contributed by atoms with van der Waals surface area (Å²) >= 11 is 1.76. The van der Waals surface area contributed by atoms with E-state index in [4.69, 9.17) is 9.97 Å². The molecule has 0 unspecified atom stereocenters. The van der Waals surface area contributed by atoms with Gasteiger partial charge in [-0.3, -0.25) is 0 Å². The smallest absolute Gasteiger partial charge is 0.160 e. The van der Waals surface area contributed by atoms with E-state index in [9.17, 15) is 0 Å². The molecule has 0 atom stereocenters. The SMILES string of the molecule is c1ccc(-c2nc(-c3cccc(-n4c5ccccc5c5c6c7ccccc7n(-c7ccccc7)c6ccc54)c3)nc3c2sc2ccccc23)cc1. The Balaban J connectivity index is 1.18. The van der Waals surface area contributed by atoms with Gasteiger partial charge in [-0.1, -0.05) is 115 Å². The average Bonchev–Trinajstić information content (AvgIpc) is 3.86. The third-order valence-corrected chi connectivity index (χ3v) is 11.3. The molecule has 11 aromatic rings. The highest BCUT2D eigenvalue weighted by Gasteiger charge is 2.21. The number of hydrogen-bond acceptors (Lipinski definition) is 3. The van der Waals surface area contributed by atoms with Crippen LogP contribution >= 0.6 is 11.3 Å². The molecule has 0 N–H and O–H groups in total.